The first kappa shape index (κ1) is 15.4. The second-order valence-corrected chi connectivity index (χ2v) is 6.08. The van der Waals surface area contributed by atoms with Crippen LogP contribution in [0, 0.1) is 6.92 Å². The van der Waals surface area contributed by atoms with E-state index < -0.39 is 0 Å². The lowest BCUT2D eigenvalue weighted by Crippen LogP contribution is -2.41. The monoisotopic (exact) mass is 278 g/mol. The van der Waals surface area contributed by atoms with Gasteiger partial charge in [-0.05, 0) is 46.2 Å². The number of imidazole rings is 1. The average molecular weight is 278 g/mol. The van der Waals surface area contributed by atoms with Crippen LogP contribution in [0.25, 0.3) is 0 Å². The summed E-state index contributed by atoms with van der Waals surface area (Å²) in [5.41, 5.74) is 1.11. The van der Waals surface area contributed by atoms with Crippen LogP contribution >= 0.6 is 0 Å². The summed E-state index contributed by atoms with van der Waals surface area (Å²) in [7, 11) is 0. The Hall–Kier alpha value is -1.03. The van der Waals surface area contributed by atoms with Gasteiger partial charge >= 0.3 is 0 Å². The Labute approximate surface area is 123 Å². The van der Waals surface area contributed by atoms with Gasteiger partial charge in [-0.15, -0.1) is 0 Å². The van der Waals surface area contributed by atoms with Crippen LogP contribution in [0.2, 0.25) is 0 Å². The van der Waals surface area contributed by atoms with Gasteiger partial charge in [0.25, 0.3) is 0 Å². The summed E-state index contributed by atoms with van der Waals surface area (Å²) in [5.74, 6) is 1.04. The molecule has 1 N–H and O–H groups in total. The van der Waals surface area contributed by atoms with Crippen LogP contribution < -0.4 is 5.32 Å². The summed E-state index contributed by atoms with van der Waals surface area (Å²) in [4.78, 5) is 7.21. The smallest absolute Gasteiger partial charge is 0.203 e. The largest absolute Gasteiger partial charge is 0.354 e. The number of rotatable bonds is 7. The molecule has 0 spiro atoms. The first-order valence-corrected chi connectivity index (χ1v) is 8.22. The molecular formula is C16H30N4. The molecule has 4 heteroatoms. The molecule has 0 radical (unpaired) electrons. The highest BCUT2D eigenvalue weighted by Gasteiger charge is 2.17. The summed E-state index contributed by atoms with van der Waals surface area (Å²) >= 11 is 0. The molecule has 0 saturated carbocycles. The van der Waals surface area contributed by atoms with Gasteiger partial charge in [-0.25, -0.2) is 4.98 Å². The van der Waals surface area contributed by atoms with Crippen molar-refractivity contribution in [3.63, 3.8) is 0 Å². The fourth-order valence-corrected chi connectivity index (χ4v) is 2.91. The number of nitrogens with zero attached hydrogens (tertiary/aromatic N) is 3. The molecule has 2 heterocycles. The maximum absolute atomic E-state index is 4.61. The summed E-state index contributed by atoms with van der Waals surface area (Å²) in [5, 5.41) is 3.55. The van der Waals surface area contributed by atoms with Gasteiger partial charge < -0.3 is 9.88 Å². The fraction of sp³-hybridized carbons (Fsp3) is 0.812. The predicted molar refractivity (Wildman–Crippen MR) is 85.2 cm³/mol. The van der Waals surface area contributed by atoms with Crippen molar-refractivity contribution in [3.05, 3.63) is 11.9 Å². The molecule has 1 aromatic heterocycles. The molecule has 0 bridgehead atoms. The third kappa shape index (κ3) is 4.23. The van der Waals surface area contributed by atoms with Crippen molar-refractivity contribution in [3.8, 4) is 0 Å². The van der Waals surface area contributed by atoms with Crippen molar-refractivity contribution in [2.45, 2.75) is 65.5 Å². The number of hydrogen-bond acceptors (Lipinski definition) is 3. The van der Waals surface area contributed by atoms with Crippen LogP contribution in [0.5, 0.6) is 0 Å². The van der Waals surface area contributed by atoms with Gasteiger partial charge in [0.1, 0.15) is 0 Å². The Kier molecular flexibility index (Phi) is 5.89. The number of anilines is 1. The van der Waals surface area contributed by atoms with Crippen molar-refractivity contribution in [1.82, 2.24) is 14.5 Å². The Morgan fingerprint density at radius 1 is 1.30 bits per heavy atom. The van der Waals surface area contributed by atoms with E-state index in [1.165, 1.54) is 45.2 Å². The molecule has 2 rings (SSSR count). The number of aryl methyl sites for hydroxylation is 2. The number of unbranched alkanes of at least 4 members (excludes halogenated alkanes) is 1. The number of aromatic nitrogens is 2. The number of hydrogen-bond donors (Lipinski definition) is 1. The molecule has 1 aliphatic heterocycles. The molecular weight excluding hydrogens is 248 g/mol. The zero-order valence-corrected chi connectivity index (χ0v) is 13.4. The minimum atomic E-state index is 0.590. The van der Waals surface area contributed by atoms with Crippen LogP contribution in [0.1, 0.15) is 51.6 Å². The van der Waals surface area contributed by atoms with Gasteiger partial charge in [-0.1, -0.05) is 19.8 Å². The molecule has 1 saturated heterocycles. The molecule has 1 fully saturated rings. The molecule has 0 amide bonds. The van der Waals surface area contributed by atoms with E-state index in [0.717, 1.165) is 24.7 Å². The number of likely N-dealkylation sites (tertiary alicyclic amines) is 1. The number of nitrogens with one attached hydrogen (secondary N) is 1. The van der Waals surface area contributed by atoms with E-state index in [4.69, 9.17) is 0 Å². The second-order valence-electron chi connectivity index (χ2n) is 6.08. The van der Waals surface area contributed by atoms with Crippen LogP contribution in [-0.2, 0) is 6.54 Å². The minimum Gasteiger partial charge on any atom is -0.354 e. The molecule has 114 valence electrons. The zero-order valence-electron chi connectivity index (χ0n) is 13.4. The molecule has 1 atom stereocenters. The highest BCUT2D eigenvalue weighted by molar-refractivity contribution is 5.29. The van der Waals surface area contributed by atoms with E-state index in [2.05, 4.69) is 46.7 Å². The molecule has 1 aromatic rings. The van der Waals surface area contributed by atoms with E-state index in [9.17, 15) is 0 Å². The zero-order chi connectivity index (χ0) is 14.4. The van der Waals surface area contributed by atoms with Crippen molar-refractivity contribution < 1.29 is 0 Å². The topological polar surface area (TPSA) is 33.1 Å². The third-order valence-corrected chi connectivity index (χ3v) is 4.22. The molecule has 1 aliphatic rings. The maximum Gasteiger partial charge on any atom is 0.203 e. The van der Waals surface area contributed by atoms with Crippen LogP contribution in [0.15, 0.2) is 6.20 Å². The van der Waals surface area contributed by atoms with Crippen molar-refractivity contribution in [1.29, 1.82) is 0 Å². The summed E-state index contributed by atoms with van der Waals surface area (Å²) in [6, 6.07) is 0.590. The lowest BCUT2D eigenvalue weighted by atomic mass is 10.1. The average Bonchev–Trinajstić information content (AvgIpc) is 2.83. The number of piperidine rings is 1. The van der Waals surface area contributed by atoms with Crippen molar-refractivity contribution in [2.75, 3.05) is 25.0 Å². The first-order valence-electron chi connectivity index (χ1n) is 8.22. The van der Waals surface area contributed by atoms with Crippen molar-refractivity contribution >= 4 is 5.95 Å². The SMILES string of the molecule is CCCCn1cc(C)nc1NCC(C)N1CCCCC1. The Morgan fingerprint density at radius 3 is 2.75 bits per heavy atom. The van der Waals surface area contributed by atoms with E-state index >= 15 is 0 Å². The van der Waals surface area contributed by atoms with Crippen molar-refractivity contribution in [2.24, 2.45) is 0 Å². The van der Waals surface area contributed by atoms with Gasteiger partial charge in [-0.2, -0.15) is 0 Å². The van der Waals surface area contributed by atoms with E-state index in [-0.39, 0.29) is 0 Å². The maximum atomic E-state index is 4.61. The predicted octanol–water partition coefficient (Wildman–Crippen LogP) is 3.28. The molecule has 0 aliphatic carbocycles. The highest BCUT2D eigenvalue weighted by Crippen LogP contribution is 2.14. The van der Waals surface area contributed by atoms with E-state index in [1.807, 2.05) is 0 Å². The minimum absolute atomic E-state index is 0.590. The molecule has 20 heavy (non-hydrogen) atoms. The quantitative estimate of drug-likeness (QED) is 0.831. The van der Waals surface area contributed by atoms with Gasteiger partial charge in [0.2, 0.25) is 5.95 Å². The van der Waals surface area contributed by atoms with Gasteiger partial charge in [0.15, 0.2) is 0 Å². The molecule has 4 nitrogen and oxygen atoms in total. The fourth-order valence-electron chi connectivity index (χ4n) is 2.91. The van der Waals surface area contributed by atoms with Gasteiger partial charge in [0, 0.05) is 25.3 Å². The summed E-state index contributed by atoms with van der Waals surface area (Å²) in [6.07, 6.45) is 8.71. The van der Waals surface area contributed by atoms with Crippen LogP contribution in [-0.4, -0.2) is 40.1 Å². The normalized spacial score (nSPS) is 18.1. The Bertz CT molecular complexity index is 393. The van der Waals surface area contributed by atoms with Crippen LogP contribution in [0.3, 0.4) is 0 Å². The van der Waals surface area contributed by atoms with Gasteiger partial charge in [0.05, 0.1) is 5.69 Å². The Morgan fingerprint density at radius 2 is 2.05 bits per heavy atom. The lowest BCUT2D eigenvalue weighted by Gasteiger charge is -2.32. The summed E-state index contributed by atoms with van der Waals surface area (Å²) < 4.78 is 2.27. The molecule has 1 unspecified atom stereocenters. The van der Waals surface area contributed by atoms with E-state index in [0.29, 0.717) is 6.04 Å². The molecule has 0 aromatic carbocycles. The second kappa shape index (κ2) is 7.67. The van der Waals surface area contributed by atoms with Crippen LogP contribution in [0.4, 0.5) is 5.95 Å². The first-order chi connectivity index (χ1) is 9.70. The third-order valence-electron chi connectivity index (χ3n) is 4.22. The lowest BCUT2D eigenvalue weighted by molar-refractivity contribution is 0.180. The van der Waals surface area contributed by atoms with Gasteiger partial charge in [-0.3, -0.25) is 4.90 Å². The Balaban J connectivity index is 1.85. The van der Waals surface area contributed by atoms with E-state index in [1.54, 1.807) is 0 Å². The highest BCUT2D eigenvalue weighted by atomic mass is 15.2. The standard InChI is InChI=1S/C16H30N4/c1-4-5-9-20-13-14(2)18-16(20)17-12-15(3)19-10-7-6-8-11-19/h13,15H,4-12H2,1-3H3,(H,17,18). The summed E-state index contributed by atoms with van der Waals surface area (Å²) in [6.45, 7) is 11.2.